The summed E-state index contributed by atoms with van der Waals surface area (Å²) in [6.45, 7) is 2.49. The molecule has 2 aliphatic heterocycles. The molecule has 4 rings (SSSR count). The van der Waals surface area contributed by atoms with Crippen molar-refractivity contribution >= 4 is 11.8 Å². The molecule has 0 aliphatic carbocycles. The van der Waals surface area contributed by atoms with Crippen LogP contribution in [0.5, 0.6) is 5.75 Å². The van der Waals surface area contributed by atoms with E-state index in [1.807, 2.05) is 59.6 Å². The summed E-state index contributed by atoms with van der Waals surface area (Å²) in [5, 5.41) is 10.9. The molecule has 0 saturated carbocycles. The molecule has 7 nitrogen and oxygen atoms in total. The van der Waals surface area contributed by atoms with Gasteiger partial charge in [0.05, 0.1) is 6.61 Å². The molecule has 2 aliphatic rings. The number of nitrogens with one attached hydrogen (secondary N) is 1. The first kappa shape index (κ1) is 22.3. The van der Waals surface area contributed by atoms with E-state index in [-0.39, 0.29) is 19.1 Å². The third kappa shape index (κ3) is 5.47. The Bertz CT molecular complexity index is 911. The second-order valence-electron chi connectivity index (χ2n) is 8.34. The van der Waals surface area contributed by atoms with Gasteiger partial charge in [-0.15, -0.1) is 0 Å². The molecule has 0 bridgehead atoms. The number of amides is 1. The van der Waals surface area contributed by atoms with Crippen LogP contribution in [-0.2, 0) is 16.0 Å². The van der Waals surface area contributed by atoms with E-state index in [1.54, 1.807) is 0 Å². The van der Waals surface area contributed by atoms with Crippen LogP contribution in [-0.4, -0.2) is 60.4 Å². The van der Waals surface area contributed by atoms with Gasteiger partial charge in [-0.1, -0.05) is 36.8 Å². The van der Waals surface area contributed by atoms with Crippen molar-refractivity contribution in [2.75, 3.05) is 32.9 Å². The summed E-state index contributed by atoms with van der Waals surface area (Å²) in [4.78, 5) is 18.3. The zero-order valence-corrected chi connectivity index (χ0v) is 18.3. The lowest BCUT2D eigenvalue weighted by molar-refractivity contribution is -0.132. The zero-order chi connectivity index (χ0) is 22.2. The molecule has 7 heteroatoms. The number of ether oxygens (including phenoxy) is 2. The van der Waals surface area contributed by atoms with Crippen molar-refractivity contribution in [2.45, 2.75) is 37.6 Å². The summed E-state index contributed by atoms with van der Waals surface area (Å²) in [5.74, 6) is 1.07. The van der Waals surface area contributed by atoms with E-state index >= 15 is 0 Å². The number of aliphatic hydroxyl groups excluding tert-OH is 1. The lowest BCUT2D eigenvalue weighted by Crippen LogP contribution is -2.55. The highest BCUT2D eigenvalue weighted by Crippen LogP contribution is 2.28. The van der Waals surface area contributed by atoms with Crippen molar-refractivity contribution in [1.82, 2.24) is 10.4 Å². The maximum absolute atomic E-state index is 13.4. The fourth-order valence-electron chi connectivity index (χ4n) is 4.02. The SMILES string of the molecule is O=C(NN1CCCCC1)[C@]1(Cc2ccccc2)COC(c2ccc(OCCCO)cc2)=N1. The highest BCUT2D eigenvalue weighted by molar-refractivity contribution is 6.00. The number of piperidine rings is 1. The Morgan fingerprint density at radius 3 is 2.56 bits per heavy atom. The van der Waals surface area contributed by atoms with Crippen LogP contribution in [0.3, 0.4) is 0 Å². The number of carbonyl (C=O) groups excluding carboxylic acids is 1. The predicted octanol–water partition coefficient (Wildman–Crippen LogP) is 2.72. The van der Waals surface area contributed by atoms with Crippen LogP contribution in [0.2, 0.25) is 0 Å². The molecular weight excluding hydrogens is 406 g/mol. The fourth-order valence-corrected chi connectivity index (χ4v) is 4.02. The van der Waals surface area contributed by atoms with Crippen molar-refractivity contribution < 1.29 is 19.4 Å². The summed E-state index contributed by atoms with van der Waals surface area (Å²) in [6.07, 6.45) is 4.44. The summed E-state index contributed by atoms with van der Waals surface area (Å²) in [6, 6.07) is 17.4. The van der Waals surface area contributed by atoms with E-state index in [0.29, 0.717) is 25.3 Å². The normalized spacial score (nSPS) is 21.0. The number of hydrogen-bond donors (Lipinski definition) is 2. The molecule has 32 heavy (non-hydrogen) atoms. The summed E-state index contributed by atoms with van der Waals surface area (Å²) >= 11 is 0. The van der Waals surface area contributed by atoms with Crippen LogP contribution >= 0.6 is 0 Å². The summed E-state index contributed by atoms with van der Waals surface area (Å²) < 4.78 is 11.6. The van der Waals surface area contributed by atoms with Gasteiger partial charge in [0.25, 0.3) is 5.91 Å². The van der Waals surface area contributed by atoms with Crippen LogP contribution < -0.4 is 10.2 Å². The van der Waals surface area contributed by atoms with Gasteiger partial charge in [-0.3, -0.25) is 10.2 Å². The first-order valence-electron chi connectivity index (χ1n) is 11.4. The smallest absolute Gasteiger partial charge is 0.266 e. The standard InChI is InChI=1S/C25H31N3O4/c29-16-7-17-31-22-12-10-21(11-13-22)23-26-25(19-32-23,18-20-8-3-1-4-9-20)24(30)27-28-14-5-2-6-15-28/h1,3-4,8-13,29H,2,5-7,14-19H2,(H,27,30)/t25-/m0/s1. The van der Waals surface area contributed by atoms with Gasteiger partial charge in [0.2, 0.25) is 5.90 Å². The van der Waals surface area contributed by atoms with Gasteiger partial charge in [0, 0.05) is 38.1 Å². The minimum Gasteiger partial charge on any atom is -0.494 e. The minimum atomic E-state index is -1.01. The second kappa shape index (κ2) is 10.6. The van der Waals surface area contributed by atoms with Crippen LogP contribution in [0, 0.1) is 0 Å². The molecule has 1 atom stereocenters. The quantitative estimate of drug-likeness (QED) is 0.590. The number of aliphatic hydroxyl groups is 1. The number of nitrogens with zero attached hydrogens (tertiary/aromatic N) is 2. The number of carbonyl (C=O) groups is 1. The molecule has 2 N–H and O–H groups in total. The molecular formula is C25H31N3O4. The summed E-state index contributed by atoms with van der Waals surface area (Å²) in [5.41, 5.74) is 3.94. The number of hydrogen-bond acceptors (Lipinski definition) is 6. The van der Waals surface area contributed by atoms with Gasteiger partial charge in [-0.05, 0) is 42.7 Å². The molecule has 2 heterocycles. The third-order valence-corrected chi connectivity index (χ3v) is 5.81. The average Bonchev–Trinajstić information content (AvgIpc) is 3.26. The molecule has 2 aromatic rings. The van der Waals surface area contributed by atoms with E-state index in [4.69, 9.17) is 19.6 Å². The number of aliphatic imine (C=N–C) groups is 1. The first-order chi connectivity index (χ1) is 15.7. The fraction of sp³-hybridized carbons (Fsp3) is 0.440. The Morgan fingerprint density at radius 1 is 1.09 bits per heavy atom. The van der Waals surface area contributed by atoms with Crippen LogP contribution in [0.4, 0.5) is 0 Å². The first-order valence-corrected chi connectivity index (χ1v) is 11.4. The van der Waals surface area contributed by atoms with E-state index in [9.17, 15) is 4.79 Å². The highest BCUT2D eigenvalue weighted by Gasteiger charge is 2.45. The van der Waals surface area contributed by atoms with Crippen molar-refractivity contribution in [3.8, 4) is 5.75 Å². The highest BCUT2D eigenvalue weighted by atomic mass is 16.5. The molecule has 1 saturated heterocycles. The third-order valence-electron chi connectivity index (χ3n) is 5.81. The molecule has 1 fully saturated rings. The topological polar surface area (TPSA) is 83.4 Å². The number of benzene rings is 2. The second-order valence-corrected chi connectivity index (χ2v) is 8.34. The predicted molar refractivity (Wildman–Crippen MR) is 123 cm³/mol. The molecule has 0 spiro atoms. The average molecular weight is 438 g/mol. The molecule has 0 unspecified atom stereocenters. The Morgan fingerprint density at radius 2 is 1.84 bits per heavy atom. The molecule has 0 aromatic heterocycles. The lowest BCUT2D eigenvalue weighted by Gasteiger charge is -2.31. The largest absolute Gasteiger partial charge is 0.494 e. The molecule has 1 amide bonds. The summed E-state index contributed by atoms with van der Waals surface area (Å²) in [7, 11) is 0. The minimum absolute atomic E-state index is 0.103. The number of rotatable bonds is 9. The van der Waals surface area contributed by atoms with Crippen molar-refractivity contribution in [3.05, 3.63) is 65.7 Å². The Balaban J connectivity index is 1.54. The molecule has 0 radical (unpaired) electrons. The molecule has 2 aromatic carbocycles. The van der Waals surface area contributed by atoms with Crippen molar-refractivity contribution in [2.24, 2.45) is 4.99 Å². The van der Waals surface area contributed by atoms with Gasteiger partial charge in [-0.25, -0.2) is 10.0 Å². The number of hydrazine groups is 1. The van der Waals surface area contributed by atoms with E-state index in [2.05, 4.69) is 5.43 Å². The van der Waals surface area contributed by atoms with Gasteiger partial charge >= 0.3 is 0 Å². The van der Waals surface area contributed by atoms with Crippen molar-refractivity contribution in [3.63, 3.8) is 0 Å². The lowest BCUT2D eigenvalue weighted by atomic mass is 9.91. The van der Waals surface area contributed by atoms with E-state index in [1.165, 1.54) is 6.42 Å². The van der Waals surface area contributed by atoms with Crippen LogP contribution in [0.1, 0.15) is 36.8 Å². The van der Waals surface area contributed by atoms with Gasteiger partial charge in [0.15, 0.2) is 5.54 Å². The van der Waals surface area contributed by atoms with Gasteiger partial charge < -0.3 is 14.6 Å². The Labute approximate surface area is 189 Å². The maximum atomic E-state index is 13.4. The zero-order valence-electron chi connectivity index (χ0n) is 18.3. The van der Waals surface area contributed by atoms with E-state index in [0.717, 1.165) is 42.8 Å². The molecule has 170 valence electrons. The Kier molecular flexibility index (Phi) is 7.39. The van der Waals surface area contributed by atoms with Crippen LogP contribution in [0.25, 0.3) is 0 Å². The van der Waals surface area contributed by atoms with E-state index < -0.39 is 5.54 Å². The van der Waals surface area contributed by atoms with Crippen molar-refractivity contribution in [1.29, 1.82) is 0 Å². The van der Waals surface area contributed by atoms with Gasteiger partial charge in [0.1, 0.15) is 12.4 Å². The monoisotopic (exact) mass is 437 g/mol. The Hall–Kier alpha value is -2.90. The maximum Gasteiger partial charge on any atom is 0.266 e. The van der Waals surface area contributed by atoms with Gasteiger partial charge in [-0.2, -0.15) is 0 Å². The van der Waals surface area contributed by atoms with Crippen LogP contribution in [0.15, 0.2) is 59.6 Å².